The Labute approximate surface area is 143 Å². The van der Waals surface area contributed by atoms with E-state index in [0.717, 1.165) is 29.9 Å². The first kappa shape index (κ1) is 17.2. The Bertz CT molecular complexity index is 737. The van der Waals surface area contributed by atoms with Crippen LogP contribution in [0.1, 0.15) is 25.0 Å². The maximum atomic E-state index is 11.9. The highest BCUT2D eigenvalue weighted by atomic mass is 32.2. The zero-order chi connectivity index (χ0) is 16.8. The molecule has 2 N–H and O–H groups in total. The van der Waals surface area contributed by atoms with E-state index in [2.05, 4.69) is 10.0 Å². The summed E-state index contributed by atoms with van der Waals surface area (Å²) >= 11 is 0. The first-order valence-corrected chi connectivity index (χ1v) is 10.1. The van der Waals surface area contributed by atoms with Crippen molar-refractivity contribution < 1.29 is 12.8 Å². The largest absolute Gasteiger partial charge is 0.460 e. The van der Waals surface area contributed by atoms with Crippen LogP contribution in [0, 0.1) is 5.92 Å². The second-order valence-corrected chi connectivity index (χ2v) is 8.20. The molecule has 0 unspecified atom stereocenters. The number of hydrogen-bond acceptors (Lipinski definition) is 4. The van der Waals surface area contributed by atoms with Gasteiger partial charge in [-0.1, -0.05) is 36.8 Å². The molecule has 0 radical (unpaired) electrons. The number of furan rings is 1. The predicted molar refractivity (Wildman–Crippen MR) is 95.0 cm³/mol. The summed E-state index contributed by atoms with van der Waals surface area (Å²) in [6.07, 6.45) is 3.51. The monoisotopic (exact) mass is 348 g/mol. The molecule has 1 aliphatic carbocycles. The first-order chi connectivity index (χ1) is 11.6. The molecule has 1 aromatic heterocycles. The van der Waals surface area contributed by atoms with Crippen LogP contribution >= 0.6 is 0 Å². The zero-order valence-electron chi connectivity index (χ0n) is 13.7. The van der Waals surface area contributed by atoms with Crippen molar-refractivity contribution in [1.29, 1.82) is 0 Å². The van der Waals surface area contributed by atoms with Gasteiger partial charge in [0, 0.05) is 18.7 Å². The molecule has 5 nitrogen and oxygen atoms in total. The summed E-state index contributed by atoms with van der Waals surface area (Å²) in [5, 5.41) is 3.13. The van der Waals surface area contributed by atoms with Gasteiger partial charge in [0.05, 0.1) is 12.3 Å². The van der Waals surface area contributed by atoms with E-state index in [1.807, 2.05) is 42.5 Å². The van der Waals surface area contributed by atoms with E-state index in [1.54, 1.807) is 0 Å². The minimum Gasteiger partial charge on any atom is -0.460 e. The lowest BCUT2D eigenvalue weighted by Gasteiger charge is -2.25. The Morgan fingerprint density at radius 2 is 1.88 bits per heavy atom. The van der Waals surface area contributed by atoms with Gasteiger partial charge >= 0.3 is 0 Å². The number of hydrogen-bond donors (Lipinski definition) is 2. The van der Waals surface area contributed by atoms with Gasteiger partial charge in [-0.2, -0.15) is 0 Å². The average Bonchev–Trinajstić information content (AvgIpc) is 3.00. The lowest BCUT2D eigenvalue weighted by Crippen LogP contribution is -2.36. The standard InChI is InChI=1S/C18H24N2O3S/c21-24(22,20-13-15-5-4-6-15)12-11-19-14-17-9-10-18(23-17)16-7-2-1-3-8-16/h1-3,7-10,15,19-20H,4-6,11-14H2. The van der Waals surface area contributed by atoms with Crippen molar-refractivity contribution in [2.45, 2.75) is 25.8 Å². The second kappa shape index (κ2) is 7.96. The quantitative estimate of drug-likeness (QED) is 0.684. The van der Waals surface area contributed by atoms with Crippen LogP contribution in [-0.4, -0.2) is 27.3 Å². The first-order valence-electron chi connectivity index (χ1n) is 8.44. The van der Waals surface area contributed by atoms with Crippen molar-refractivity contribution in [3.8, 4) is 11.3 Å². The Morgan fingerprint density at radius 3 is 2.58 bits per heavy atom. The molecule has 0 amide bonds. The number of nitrogens with one attached hydrogen (secondary N) is 2. The Balaban J connectivity index is 1.39. The van der Waals surface area contributed by atoms with Gasteiger partial charge in [0.1, 0.15) is 11.5 Å². The van der Waals surface area contributed by atoms with E-state index in [9.17, 15) is 8.42 Å². The van der Waals surface area contributed by atoms with Gasteiger partial charge in [0.2, 0.25) is 10.0 Å². The summed E-state index contributed by atoms with van der Waals surface area (Å²) in [4.78, 5) is 0. The molecule has 6 heteroatoms. The minimum atomic E-state index is -3.19. The van der Waals surface area contributed by atoms with Gasteiger partial charge in [0.25, 0.3) is 0 Å². The molecule has 3 rings (SSSR count). The fourth-order valence-electron chi connectivity index (χ4n) is 2.66. The van der Waals surface area contributed by atoms with E-state index in [4.69, 9.17) is 4.42 Å². The highest BCUT2D eigenvalue weighted by Crippen LogP contribution is 2.25. The molecule has 0 spiro atoms. The lowest BCUT2D eigenvalue weighted by atomic mass is 9.86. The molecule has 0 bridgehead atoms. The molecular weight excluding hydrogens is 324 g/mol. The van der Waals surface area contributed by atoms with Crippen LogP contribution in [-0.2, 0) is 16.6 Å². The number of sulfonamides is 1. The Hall–Kier alpha value is -1.63. The van der Waals surface area contributed by atoms with Gasteiger partial charge in [0.15, 0.2) is 0 Å². The Morgan fingerprint density at radius 1 is 1.08 bits per heavy atom. The van der Waals surface area contributed by atoms with Crippen LogP contribution in [0.4, 0.5) is 0 Å². The Kier molecular flexibility index (Phi) is 5.71. The summed E-state index contributed by atoms with van der Waals surface area (Å²) in [7, 11) is -3.19. The highest BCUT2D eigenvalue weighted by Gasteiger charge is 2.19. The lowest BCUT2D eigenvalue weighted by molar-refractivity contribution is 0.316. The summed E-state index contributed by atoms with van der Waals surface area (Å²) in [6.45, 7) is 1.51. The molecular formula is C18H24N2O3S. The van der Waals surface area contributed by atoms with Gasteiger partial charge in [-0.25, -0.2) is 13.1 Å². The van der Waals surface area contributed by atoms with Gasteiger partial charge in [-0.3, -0.25) is 0 Å². The van der Waals surface area contributed by atoms with Crippen LogP contribution in [0.3, 0.4) is 0 Å². The average molecular weight is 348 g/mol. The number of benzene rings is 1. The maximum absolute atomic E-state index is 11.9. The second-order valence-electron chi connectivity index (χ2n) is 6.27. The fourth-order valence-corrected chi connectivity index (χ4v) is 3.71. The fraction of sp³-hybridized carbons (Fsp3) is 0.444. The third-order valence-electron chi connectivity index (χ3n) is 4.38. The molecule has 1 aliphatic rings. The van der Waals surface area contributed by atoms with Crippen molar-refractivity contribution >= 4 is 10.0 Å². The van der Waals surface area contributed by atoms with Gasteiger partial charge < -0.3 is 9.73 Å². The highest BCUT2D eigenvalue weighted by molar-refractivity contribution is 7.89. The van der Waals surface area contributed by atoms with Crippen LogP contribution in [0.15, 0.2) is 46.9 Å². The summed E-state index contributed by atoms with van der Waals surface area (Å²) in [5.41, 5.74) is 1.03. The van der Waals surface area contributed by atoms with Gasteiger partial charge in [-0.05, 0) is 30.9 Å². The van der Waals surface area contributed by atoms with E-state index in [0.29, 0.717) is 25.6 Å². The van der Waals surface area contributed by atoms with Crippen LogP contribution in [0.25, 0.3) is 11.3 Å². The zero-order valence-corrected chi connectivity index (χ0v) is 14.5. The van der Waals surface area contributed by atoms with Crippen molar-refractivity contribution in [3.63, 3.8) is 0 Å². The minimum absolute atomic E-state index is 0.0893. The molecule has 0 aliphatic heterocycles. The maximum Gasteiger partial charge on any atom is 0.212 e. The van der Waals surface area contributed by atoms with Crippen LogP contribution in [0.5, 0.6) is 0 Å². The van der Waals surface area contributed by atoms with Gasteiger partial charge in [-0.15, -0.1) is 0 Å². The normalized spacial score (nSPS) is 15.3. The van der Waals surface area contributed by atoms with Crippen molar-refractivity contribution in [1.82, 2.24) is 10.0 Å². The van der Waals surface area contributed by atoms with E-state index in [-0.39, 0.29) is 5.75 Å². The molecule has 0 saturated heterocycles. The summed E-state index contributed by atoms with van der Waals surface area (Å²) < 4.78 is 32.3. The smallest absolute Gasteiger partial charge is 0.212 e. The van der Waals surface area contributed by atoms with E-state index < -0.39 is 10.0 Å². The predicted octanol–water partition coefficient (Wildman–Crippen LogP) is 2.76. The molecule has 1 saturated carbocycles. The molecule has 1 aromatic carbocycles. The number of rotatable bonds is 9. The molecule has 1 fully saturated rings. The topological polar surface area (TPSA) is 71.3 Å². The van der Waals surface area contributed by atoms with Crippen molar-refractivity contribution in [2.75, 3.05) is 18.8 Å². The van der Waals surface area contributed by atoms with E-state index >= 15 is 0 Å². The summed E-state index contributed by atoms with van der Waals surface area (Å²) in [5.74, 6) is 2.24. The molecule has 1 heterocycles. The van der Waals surface area contributed by atoms with Crippen LogP contribution < -0.4 is 10.0 Å². The molecule has 2 aromatic rings. The molecule has 24 heavy (non-hydrogen) atoms. The third-order valence-corrected chi connectivity index (χ3v) is 5.73. The molecule has 0 atom stereocenters. The third kappa shape index (κ3) is 4.93. The summed E-state index contributed by atoms with van der Waals surface area (Å²) in [6, 6.07) is 13.7. The van der Waals surface area contributed by atoms with E-state index in [1.165, 1.54) is 6.42 Å². The molecule has 130 valence electrons. The van der Waals surface area contributed by atoms with Crippen molar-refractivity contribution in [3.05, 3.63) is 48.2 Å². The van der Waals surface area contributed by atoms with Crippen molar-refractivity contribution in [2.24, 2.45) is 5.92 Å². The SMILES string of the molecule is O=S(=O)(CCNCc1ccc(-c2ccccc2)o1)NCC1CCC1. The van der Waals surface area contributed by atoms with Crippen LogP contribution in [0.2, 0.25) is 0 Å².